The molecule has 0 radical (unpaired) electrons. The molecule has 3 rings (SSSR count). The van der Waals surface area contributed by atoms with Crippen LogP contribution in [0.25, 0.3) is 0 Å². The van der Waals surface area contributed by atoms with Gasteiger partial charge in [0.25, 0.3) is 0 Å². The fraction of sp³-hybridized carbons (Fsp3) is 0.615. The van der Waals surface area contributed by atoms with Gasteiger partial charge in [0.15, 0.2) is 0 Å². The zero-order valence-corrected chi connectivity index (χ0v) is 11.5. The summed E-state index contributed by atoms with van der Waals surface area (Å²) in [6.45, 7) is 1.83. The van der Waals surface area contributed by atoms with E-state index in [2.05, 4.69) is 26.0 Å². The summed E-state index contributed by atoms with van der Waals surface area (Å²) < 4.78 is 0. The second-order valence-electron chi connectivity index (χ2n) is 5.56. The fourth-order valence-corrected chi connectivity index (χ4v) is 1.98. The number of carbonyl (C=O) groups excluding carboxylic acids is 1. The van der Waals surface area contributed by atoms with Crippen molar-refractivity contribution in [3.8, 4) is 0 Å². The van der Waals surface area contributed by atoms with Crippen LogP contribution in [-0.4, -0.2) is 28.0 Å². The van der Waals surface area contributed by atoms with Crippen molar-refractivity contribution in [3.05, 3.63) is 11.9 Å². The first-order chi connectivity index (χ1) is 9.65. The van der Waals surface area contributed by atoms with Gasteiger partial charge < -0.3 is 16.1 Å². The second-order valence-corrected chi connectivity index (χ2v) is 5.56. The molecule has 0 saturated heterocycles. The summed E-state index contributed by atoms with van der Waals surface area (Å²) in [6.07, 6.45) is 4.40. The van der Waals surface area contributed by atoms with Gasteiger partial charge in [0.1, 0.15) is 23.5 Å². The van der Waals surface area contributed by atoms with E-state index in [1.807, 2.05) is 6.92 Å². The highest BCUT2D eigenvalue weighted by atomic mass is 16.2. The lowest BCUT2D eigenvalue weighted by Gasteiger charge is -2.15. The highest BCUT2D eigenvalue weighted by molar-refractivity contribution is 5.84. The van der Waals surface area contributed by atoms with E-state index in [4.69, 9.17) is 5.84 Å². The van der Waals surface area contributed by atoms with Gasteiger partial charge in [-0.1, -0.05) is 0 Å². The Balaban J connectivity index is 1.68. The smallest absolute Gasteiger partial charge is 0.242 e. The second kappa shape index (κ2) is 5.24. The van der Waals surface area contributed by atoms with E-state index in [1.165, 1.54) is 0 Å². The Morgan fingerprint density at radius 3 is 2.60 bits per heavy atom. The summed E-state index contributed by atoms with van der Waals surface area (Å²) in [7, 11) is 0. The summed E-state index contributed by atoms with van der Waals surface area (Å²) >= 11 is 0. The molecule has 1 amide bonds. The summed E-state index contributed by atoms with van der Waals surface area (Å²) in [5.41, 5.74) is 2.54. The van der Waals surface area contributed by atoms with Crippen LogP contribution >= 0.6 is 0 Å². The van der Waals surface area contributed by atoms with Crippen molar-refractivity contribution in [1.29, 1.82) is 0 Å². The molecular weight excluding hydrogens is 256 g/mol. The number of nitrogens with one attached hydrogen (secondary N) is 3. The topological polar surface area (TPSA) is 105 Å². The highest BCUT2D eigenvalue weighted by Crippen LogP contribution is 2.38. The van der Waals surface area contributed by atoms with Crippen LogP contribution in [0.2, 0.25) is 0 Å². The molecule has 1 heterocycles. The predicted octanol–water partition coefficient (Wildman–Crippen LogP) is 0.719. The Bertz CT molecular complexity index is 512. The lowest BCUT2D eigenvalue weighted by molar-refractivity contribution is -0.121. The monoisotopic (exact) mass is 276 g/mol. The van der Waals surface area contributed by atoms with E-state index in [-0.39, 0.29) is 11.9 Å². The quantitative estimate of drug-likeness (QED) is 0.451. The van der Waals surface area contributed by atoms with Gasteiger partial charge in [-0.15, -0.1) is 0 Å². The number of aromatic nitrogens is 2. The van der Waals surface area contributed by atoms with E-state index < -0.39 is 0 Å². The van der Waals surface area contributed by atoms with Crippen LogP contribution in [0.4, 0.5) is 11.6 Å². The Hall–Kier alpha value is -1.89. The normalized spacial score (nSPS) is 19.3. The minimum atomic E-state index is -0.330. The summed E-state index contributed by atoms with van der Waals surface area (Å²) in [5, 5.41) is 6.08. The molecule has 1 atom stereocenters. The molecule has 1 aromatic rings. The zero-order chi connectivity index (χ0) is 14.1. The minimum absolute atomic E-state index is 0.00124. The average Bonchev–Trinajstić information content (AvgIpc) is 3.30. The van der Waals surface area contributed by atoms with Crippen LogP contribution in [-0.2, 0) is 4.79 Å². The van der Waals surface area contributed by atoms with Crippen LogP contribution in [0, 0.1) is 0 Å². The van der Waals surface area contributed by atoms with Gasteiger partial charge in [-0.2, -0.15) is 0 Å². The van der Waals surface area contributed by atoms with Crippen molar-refractivity contribution < 1.29 is 4.79 Å². The summed E-state index contributed by atoms with van der Waals surface area (Å²) in [4.78, 5) is 20.7. The number of carbonyl (C=O) groups is 1. The molecule has 7 nitrogen and oxygen atoms in total. The molecule has 0 spiro atoms. The van der Waals surface area contributed by atoms with Gasteiger partial charge in [0.05, 0.1) is 0 Å². The van der Waals surface area contributed by atoms with Crippen molar-refractivity contribution in [3.63, 3.8) is 0 Å². The molecule has 2 aliphatic rings. The largest absolute Gasteiger partial charge is 0.358 e. The van der Waals surface area contributed by atoms with Crippen LogP contribution in [0.5, 0.6) is 0 Å². The van der Waals surface area contributed by atoms with Crippen LogP contribution in [0.3, 0.4) is 0 Å². The molecule has 20 heavy (non-hydrogen) atoms. The molecule has 0 bridgehead atoms. The first kappa shape index (κ1) is 13.1. The number of rotatable bonds is 6. The number of nitrogen functional groups attached to an aromatic ring is 1. The number of hydrogen-bond donors (Lipinski definition) is 4. The third-order valence-corrected chi connectivity index (χ3v) is 3.52. The number of hydrazine groups is 1. The molecule has 2 saturated carbocycles. The Morgan fingerprint density at radius 2 is 2.00 bits per heavy atom. The fourth-order valence-electron chi connectivity index (χ4n) is 1.98. The lowest BCUT2D eigenvalue weighted by Crippen LogP contribution is -2.38. The van der Waals surface area contributed by atoms with Crippen molar-refractivity contribution >= 4 is 17.5 Å². The third kappa shape index (κ3) is 3.16. The Labute approximate surface area is 117 Å². The average molecular weight is 276 g/mol. The Kier molecular flexibility index (Phi) is 3.43. The minimum Gasteiger partial charge on any atom is -0.358 e. The summed E-state index contributed by atoms with van der Waals surface area (Å²) in [5.74, 6) is 7.85. The summed E-state index contributed by atoms with van der Waals surface area (Å²) in [6, 6.07) is 1.75. The molecule has 1 aromatic heterocycles. The highest BCUT2D eigenvalue weighted by Gasteiger charge is 2.28. The third-order valence-electron chi connectivity index (χ3n) is 3.52. The number of hydrogen-bond acceptors (Lipinski definition) is 6. The van der Waals surface area contributed by atoms with Crippen LogP contribution in [0.15, 0.2) is 6.07 Å². The first-order valence-electron chi connectivity index (χ1n) is 7.08. The van der Waals surface area contributed by atoms with Gasteiger partial charge in [-0.05, 0) is 32.6 Å². The van der Waals surface area contributed by atoms with Gasteiger partial charge >= 0.3 is 0 Å². The number of anilines is 2. The van der Waals surface area contributed by atoms with E-state index in [9.17, 15) is 4.79 Å². The SMILES string of the molecule is CC(Nc1cc(NN)nc(C2CC2)n1)C(=O)NC1CC1. The maximum Gasteiger partial charge on any atom is 0.242 e. The molecule has 2 fully saturated rings. The lowest BCUT2D eigenvalue weighted by atomic mass is 10.3. The standard InChI is InChI=1S/C13H20N6O/c1-7(13(20)16-9-4-5-9)15-10-6-11(19-14)18-12(17-10)8-2-3-8/h6-9H,2-5,14H2,1H3,(H,16,20)(H2,15,17,18,19). The molecule has 7 heteroatoms. The number of amides is 1. The van der Waals surface area contributed by atoms with Crippen molar-refractivity contribution in [2.45, 2.75) is 50.6 Å². The van der Waals surface area contributed by atoms with Gasteiger partial charge in [0.2, 0.25) is 5.91 Å². The number of nitrogens with zero attached hydrogens (tertiary/aromatic N) is 2. The van der Waals surface area contributed by atoms with Gasteiger partial charge in [-0.25, -0.2) is 15.8 Å². The number of nitrogens with two attached hydrogens (primary N) is 1. The van der Waals surface area contributed by atoms with Crippen molar-refractivity contribution in [2.24, 2.45) is 5.84 Å². The molecule has 0 aromatic carbocycles. The maximum absolute atomic E-state index is 11.9. The molecule has 1 unspecified atom stereocenters. The molecule has 5 N–H and O–H groups in total. The molecular formula is C13H20N6O. The van der Waals surface area contributed by atoms with Gasteiger partial charge in [0, 0.05) is 18.0 Å². The van der Waals surface area contributed by atoms with Crippen LogP contribution < -0.4 is 21.9 Å². The van der Waals surface area contributed by atoms with E-state index >= 15 is 0 Å². The van der Waals surface area contributed by atoms with Crippen molar-refractivity contribution in [1.82, 2.24) is 15.3 Å². The van der Waals surface area contributed by atoms with E-state index in [0.717, 1.165) is 31.5 Å². The molecule has 108 valence electrons. The first-order valence-corrected chi connectivity index (χ1v) is 7.08. The molecule has 2 aliphatic carbocycles. The Morgan fingerprint density at radius 1 is 1.30 bits per heavy atom. The maximum atomic E-state index is 11.9. The van der Waals surface area contributed by atoms with E-state index in [0.29, 0.717) is 23.6 Å². The van der Waals surface area contributed by atoms with Gasteiger partial charge in [-0.3, -0.25) is 4.79 Å². The van der Waals surface area contributed by atoms with Crippen LogP contribution in [0.1, 0.15) is 44.3 Å². The van der Waals surface area contributed by atoms with Crippen molar-refractivity contribution in [2.75, 3.05) is 10.7 Å². The predicted molar refractivity (Wildman–Crippen MR) is 76.1 cm³/mol. The molecule has 0 aliphatic heterocycles. The van der Waals surface area contributed by atoms with E-state index in [1.54, 1.807) is 6.07 Å². The zero-order valence-electron chi connectivity index (χ0n) is 11.5.